The average molecular weight is 270 g/mol. The lowest BCUT2D eigenvalue weighted by atomic mass is 10.0. The van der Waals surface area contributed by atoms with Crippen LogP contribution in [-0.2, 0) is 9.53 Å². The lowest BCUT2D eigenvalue weighted by Gasteiger charge is -2.41. The first-order valence-electron chi connectivity index (χ1n) is 7.46. The summed E-state index contributed by atoms with van der Waals surface area (Å²) in [6.07, 6.45) is 0. The molecular weight excluding hydrogens is 240 g/mol. The highest BCUT2D eigenvalue weighted by Crippen LogP contribution is 2.16. The fourth-order valence-corrected chi connectivity index (χ4v) is 2.39. The van der Waals surface area contributed by atoms with Gasteiger partial charge in [0.1, 0.15) is 0 Å². The predicted octanol–water partition coefficient (Wildman–Crippen LogP) is 1.89. The zero-order valence-electron chi connectivity index (χ0n) is 13.3. The molecule has 1 fully saturated rings. The maximum Gasteiger partial charge on any atom is 0.222 e. The Labute approximate surface area is 117 Å². The minimum Gasteiger partial charge on any atom is -0.378 e. The van der Waals surface area contributed by atoms with Crippen molar-refractivity contribution in [1.82, 2.24) is 10.2 Å². The SMILES string of the molecule is CC(C)C(=O)N[C@@H](CN1[C@H](C)COC[C@@H]1C)C(C)C. The molecule has 112 valence electrons. The maximum atomic E-state index is 11.9. The molecule has 1 heterocycles. The summed E-state index contributed by atoms with van der Waals surface area (Å²) in [5, 5.41) is 3.18. The molecule has 0 bridgehead atoms. The molecule has 4 nitrogen and oxygen atoms in total. The highest BCUT2D eigenvalue weighted by atomic mass is 16.5. The van der Waals surface area contributed by atoms with Gasteiger partial charge in [-0.25, -0.2) is 0 Å². The van der Waals surface area contributed by atoms with E-state index in [2.05, 4.69) is 37.9 Å². The smallest absolute Gasteiger partial charge is 0.222 e. The van der Waals surface area contributed by atoms with Crippen LogP contribution in [0.5, 0.6) is 0 Å². The summed E-state index contributed by atoms with van der Waals surface area (Å²) >= 11 is 0. The molecule has 3 atom stereocenters. The van der Waals surface area contributed by atoms with Crippen LogP contribution in [-0.4, -0.2) is 48.7 Å². The number of amides is 1. The minimum atomic E-state index is 0.0424. The lowest BCUT2D eigenvalue weighted by Crippen LogP contribution is -2.56. The van der Waals surface area contributed by atoms with Crippen LogP contribution < -0.4 is 5.32 Å². The average Bonchev–Trinajstić information content (AvgIpc) is 2.31. The van der Waals surface area contributed by atoms with Crippen molar-refractivity contribution in [2.75, 3.05) is 19.8 Å². The molecular formula is C15H30N2O2. The van der Waals surface area contributed by atoms with Gasteiger partial charge < -0.3 is 10.1 Å². The second kappa shape index (κ2) is 7.25. The van der Waals surface area contributed by atoms with Crippen LogP contribution in [0, 0.1) is 11.8 Å². The first-order valence-corrected chi connectivity index (χ1v) is 7.46. The molecule has 1 aliphatic heterocycles. The Morgan fingerprint density at radius 1 is 1.21 bits per heavy atom. The Morgan fingerprint density at radius 3 is 2.16 bits per heavy atom. The molecule has 0 aromatic carbocycles. The quantitative estimate of drug-likeness (QED) is 0.829. The number of carbonyl (C=O) groups excluding carboxylic acids is 1. The fourth-order valence-electron chi connectivity index (χ4n) is 2.39. The molecule has 0 spiro atoms. The van der Waals surface area contributed by atoms with Gasteiger partial charge in [-0.2, -0.15) is 0 Å². The van der Waals surface area contributed by atoms with E-state index in [9.17, 15) is 4.79 Å². The Hall–Kier alpha value is -0.610. The molecule has 0 unspecified atom stereocenters. The number of hydrogen-bond acceptors (Lipinski definition) is 3. The molecule has 1 saturated heterocycles. The maximum absolute atomic E-state index is 11.9. The van der Waals surface area contributed by atoms with Crippen LogP contribution in [0.15, 0.2) is 0 Å². The number of morpholine rings is 1. The van der Waals surface area contributed by atoms with Gasteiger partial charge in [-0.1, -0.05) is 27.7 Å². The lowest BCUT2D eigenvalue weighted by molar-refractivity contribution is -0.125. The summed E-state index contributed by atoms with van der Waals surface area (Å²) in [6.45, 7) is 15.1. The number of rotatable bonds is 5. The van der Waals surface area contributed by atoms with Crippen molar-refractivity contribution in [3.05, 3.63) is 0 Å². The first-order chi connectivity index (χ1) is 8.82. The Kier molecular flexibility index (Phi) is 6.27. The summed E-state index contributed by atoms with van der Waals surface area (Å²) in [6, 6.07) is 1.04. The second-order valence-corrected chi connectivity index (χ2v) is 6.45. The molecule has 0 aromatic heterocycles. The van der Waals surface area contributed by atoms with E-state index < -0.39 is 0 Å². The molecule has 0 aliphatic carbocycles. The first kappa shape index (κ1) is 16.4. The third kappa shape index (κ3) is 4.77. The van der Waals surface area contributed by atoms with Crippen LogP contribution in [0.25, 0.3) is 0 Å². The Morgan fingerprint density at radius 2 is 1.74 bits per heavy atom. The van der Waals surface area contributed by atoms with E-state index in [1.165, 1.54) is 0 Å². The van der Waals surface area contributed by atoms with Gasteiger partial charge in [-0.15, -0.1) is 0 Å². The molecule has 0 radical (unpaired) electrons. The van der Waals surface area contributed by atoms with Gasteiger partial charge in [-0.05, 0) is 19.8 Å². The summed E-state index contributed by atoms with van der Waals surface area (Å²) < 4.78 is 5.56. The van der Waals surface area contributed by atoms with Crippen molar-refractivity contribution >= 4 is 5.91 Å². The molecule has 0 aromatic rings. The van der Waals surface area contributed by atoms with Crippen molar-refractivity contribution < 1.29 is 9.53 Å². The highest BCUT2D eigenvalue weighted by molar-refractivity contribution is 5.78. The number of nitrogens with zero attached hydrogens (tertiary/aromatic N) is 1. The zero-order chi connectivity index (χ0) is 14.6. The van der Waals surface area contributed by atoms with Crippen LogP contribution in [0.1, 0.15) is 41.5 Å². The Balaban J connectivity index is 2.64. The Bertz CT molecular complexity index is 282. The molecule has 4 heteroatoms. The number of nitrogens with one attached hydrogen (secondary N) is 1. The van der Waals surface area contributed by atoms with Crippen LogP contribution >= 0.6 is 0 Å². The van der Waals surface area contributed by atoms with E-state index >= 15 is 0 Å². The van der Waals surface area contributed by atoms with Gasteiger partial charge in [0.15, 0.2) is 0 Å². The summed E-state index contributed by atoms with van der Waals surface area (Å²) in [4.78, 5) is 14.4. The van der Waals surface area contributed by atoms with Crippen molar-refractivity contribution in [1.29, 1.82) is 0 Å². The number of hydrogen-bond donors (Lipinski definition) is 1. The topological polar surface area (TPSA) is 41.6 Å². The molecule has 1 N–H and O–H groups in total. The molecule has 19 heavy (non-hydrogen) atoms. The van der Waals surface area contributed by atoms with Crippen molar-refractivity contribution in [2.24, 2.45) is 11.8 Å². The molecule has 0 saturated carbocycles. The number of ether oxygens (including phenoxy) is 1. The predicted molar refractivity (Wildman–Crippen MR) is 78.1 cm³/mol. The van der Waals surface area contributed by atoms with Gasteiger partial charge >= 0.3 is 0 Å². The third-order valence-corrected chi connectivity index (χ3v) is 3.91. The van der Waals surface area contributed by atoms with E-state index in [4.69, 9.17) is 4.74 Å². The summed E-state index contributed by atoms with van der Waals surface area (Å²) in [5.74, 6) is 0.623. The fraction of sp³-hybridized carbons (Fsp3) is 0.933. The van der Waals surface area contributed by atoms with Gasteiger partial charge in [-0.3, -0.25) is 9.69 Å². The van der Waals surface area contributed by atoms with Crippen LogP contribution in [0.3, 0.4) is 0 Å². The monoisotopic (exact) mass is 270 g/mol. The van der Waals surface area contributed by atoms with Crippen molar-refractivity contribution in [2.45, 2.75) is 59.7 Å². The third-order valence-electron chi connectivity index (χ3n) is 3.91. The van der Waals surface area contributed by atoms with E-state index in [0.717, 1.165) is 19.8 Å². The van der Waals surface area contributed by atoms with Crippen molar-refractivity contribution in [3.63, 3.8) is 0 Å². The van der Waals surface area contributed by atoms with Gasteiger partial charge in [0, 0.05) is 30.6 Å². The van der Waals surface area contributed by atoms with Gasteiger partial charge in [0.2, 0.25) is 5.91 Å². The molecule has 1 amide bonds. The van der Waals surface area contributed by atoms with E-state index in [1.54, 1.807) is 0 Å². The normalized spacial score (nSPS) is 26.7. The van der Waals surface area contributed by atoms with Crippen molar-refractivity contribution in [3.8, 4) is 0 Å². The second-order valence-electron chi connectivity index (χ2n) is 6.45. The summed E-state index contributed by atoms with van der Waals surface area (Å²) in [5.41, 5.74) is 0. The van der Waals surface area contributed by atoms with Crippen LogP contribution in [0.4, 0.5) is 0 Å². The van der Waals surface area contributed by atoms with E-state index in [0.29, 0.717) is 18.0 Å². The van der Waals surface area contributed by atoms with E-state index in [1.807, 2.05) is 13.8 Å². The van der Waals surface area contributed by atoms with Crippen LogP contribution in [0.2, 0.25) is 0 Å². The highest BCUT2D eigenvalue weighted by Gasteiger charge is 2.29. The van der Waals surface area contributed by atoms with Gasteiger partial charge in [0.05, 0.1) is 13.2 Å². The minimum absolute atomic E-state index is 0.0424. The summed E-state index contributed by atoms with van der Waals surface area (Å²) in [7, 11) is 0. The largest absolute Gasteiger partial charge is 0.378 e. The van der Waals surface area contributed by atoms with Gasteiger partial charge in [0.25, 0.3) is 0 Å². The number of carbonyl (C=O) groups is 1. The molecule has 1 rings (SSSR count). The van der Waals surface area contributed by atoms with E-state index in [-0.39, 0.29) is 17.9 Å². The standard InChI is InChI=1S/C15H30N2O2/c1-10(2)14(16-15(18)11(3)4)7-17-12(5)8-19-9-13(17)6/h10-14H,7-9H2,1-6H3,(H,16,18)/t12-,13+,14-/m0/s1. The zero-order valence-corrected chi connectivity index (χ0v) is 13.3. The molecule has 1 aliphatic rings.